The number of rotatable bonds is 8. The van der Waals surface area contributed by atoms with Crippen molar-refractivity contribution in [2.45, 2.75) is 13.5 Å². The van der Waals surface area contributed by atoms with Gasteiger partial charge < -0.3 is 15.1 Å². The van der Waals surface area contributed by atoms with Crippen molar-refractivity contribution in [3.63, 3.8) is 0 Å². The highest BCUT2D eigenvalue weighted by atomic mass is 32.2. The highest BCUT2D eigenvalue weighted by Gasteiger charge is 2.15. The van der Waals surface area contributed by atoms with E-state index in [1.54, 1.807) is 25.3 Å². The molecule has 1 aromatic heterocycles. The van der Waals surface area contributed by atoms with Gasteiger partial charge in [-0.1, -0.05) is 0 Å². The molecule has 0 radical (unpaired) electrons. The Bertz CT molecular complexity index is 453. The maximum Gasteiger partial charge on any atom is 0.235 e. The molecule has 0 saturated heterocycles. The van der Waals surface area contributed by atoms with Crippen molar-refractivity contribution in [1.29, 1.82) is 0 Å². The molecule has 1 aromatic rings. The molecule has 102 valence electrons. The van der Waals surface area contributed by atoms with Crippen LogP contribution in [0.2, 0.25) is 0 Å². The Morgan fingerprint density at radius 1 is 1.44 bits per heavy atom. The van der Waals surface area contributed by atoms with Gasteiger partial charge in [0.2, 0.25) is 5.91 Å². The number of amides is 1. The van der Waals surface area contributed by atoms with E-state index in [0.29, 0.717) is 19.6 Å². The van der Waals surface area contributed by atoms with Crippen LogP contribution in [-0.2, 0) is 21.2 Å². The van der Waals surface area contributed by atoms with Crippen LogP contribution in [0.3, 0.4) is 0 Å². The monoisotopic (exact) mass is 274 g/mol. The van der Waals surface area contributed by atoms with E-state index in [9.17, 15) is 13.2 Å². The summed E-state index contributed by atoms with van der Waals surface area (Å²) in [5, 5.41) is 5.41. The first-order chi connectivity index (χ1) is 8.53. The summed E-state index contributed by atoms with van der Waals surface area (Å²) < 4.78 is 28.2. The van der Waals surface area contributed by atoms with E-state index in [0.717, 1.165) is 5.76 Å². The van der Waals surface area contributed by atoms with Gasteiger partial charge in [0.25, 0.3) is 0 Å². The fourth-order valence-electron chi connectivity index (χ4n) is 1.37. The average Bonchev–Trinajstić information content (AvgIpc) is 2.76. The van der Waals surface area contributed by atoms with Crippen molar-refractivity contribution in [2.24, 2.45) is 0 Å². The smallest absolute Gasteiger partial charge is 0.235 e. The van der Waals surface area contributed by atoms with E-state index in [-0.39, 0.29) is 5.75 Å². The summed E-state index contributed by atoms with van der Waals surface area (Å²) in [6.07, 6.45) is 1.56. The van der Waals surface area contributed by atoms with E-state index >= 15 is 0 Å². The molecular formula is C11H18N2O4S. The first-order valence-electron chi connectivity index (χ1n) is 5.73. The Balaban J connectivity index is 2.23. The molecule has 0 aliphatic rings. The molecule has 18 heavy (non-hydrogen) atoms. The summed E-state index contributed by atoms with van der Waals surface area (Å²) in [5.41, 5.74) is 0. The minimum Gasteiger partial charge on any atom is -0.468 e. The average molecular weight is 274 g/mol. The Hall–Kier alpha value is -1.34. The fourth-order valence-corrected chi connectivity index (χ4v) is 2.47. The van der Waals surface area contributed by atoms with Gasteiger partial charge in [0.1, 0.15) is 11.5 Å². The van der Waals surface area contributed by atoms with Crippen molar-refractivity contribution in [2.75, 3.05) is 24.6 Å². The van der Waals surface area contributed by atoms with E-state index in [1.165, 1.54) is 0 Å². The lowest BCUT2D eigenvalue weighted by Gasteiger charge is -2.05. The number of sulfone groups is 1. The van der Waals surface area contributed by atoms with Crippen LogP contribution >= 0.6 is 0 Å². The maximum atomic E-state index is 11.6. The molecule has 0 spiro atoms. The highest BCUT2D eigenvalue weighted by Crippen LogP contribution is 1.98. The van der Waals surface area contributed by atoms with Crippen molar-refractivity contribution in [1.82, 2.24) is 10.6 Å². The van der Waals surface area contributed by atoms with Crippen LogP contribution in [-0.4, -0.2) is 38.9 Å². The predicted molar refractivity (Wildman–Crippen MR) is 67.8 cm³/mol. The minimum atomic E-state index is -3.35. The molecule has 0 aliphatic heterocycles. The molecule has 0 unspecified atom stereocenters. The van der Waals surface area contributed by atoms with Crippen molar-refractivity contribution >= 4 is 15.7 Å². The summed E-state index contributed by atoms with van der Waals surface area (Å²) in [4.78, 5) is 11.2. The quantitative estimate of drug-likeness (QED) is 0.647. The van der Waals surface area contributed by atoms with Crippen LogP contribution in [0.5, 0.6) is 0 Å². The Labute approximate surface area is 107 Å². The maximum absolute atomic E-state index is 11.6. The zero-order chi connectivity index (χ0) is 13.4. The molecule has 1 amide bonds. The summed E-state index contributed by atoms with van der Waals surface area (Å²) >= 11 is 0. The molecule has 2 N–H and O–H groups in total. The second kappa shape index (κ2) is 7.17. The van der Waals surface area contributed by atoms with Gasteiger partial charge in [-0.05, 0) is 19.1 Å². The van der Waals surface area contributed by atoms with Crippen LogP contribution in [0.1, 0.15) is 12.7 Å². The third kappa shape index (κ3) is 5.83. The Morgan fingerprint density at radius 2 is 2.22 bits per heavy atom. The van der Waals surface area contributed by atoms with Crippen LogP contribution in [0, 0.1) is 0 Å². The van der Waals surface area contributed by atoms with Gasteiger partial charge in [-0.2, -0.15) is 0 Å². The lowest BCUT2D eigenvalue weighted by atomic mass is 10.4. The van der Waals surface area contributed by atoms with Crippen LogP contribution in [0.4, 0.5) is 0 Å². The minimum absolute atomic E-state index is 0.0646. The number of nitrogens with one attached hydrogen (secondary N) is 2. The van der Waals surface area contributed by atoms with Crippen molar-refractivity contribution in [3.05, 3.63) is 24.2 Å². The topological polar surface area (TPSA) is 88.4 Å². The number of carbonyl (C=O) groups is 1. The van der Waals surface area contributed by atoms with Gasteiger partial charge >= 0.3 is 0 Å². The molecule has 0 saturated carbocycles. The third-order valence-corrected chi connectivity index (χ3v) is 3.72. The lowest BCUT2D eigenvalue weighted by Crippen LogP contribution is -2.33. The highest BCUT2D eigenvalue weighted by molar-refractivity contribution is 7.92. The normalized spacial score (nSPS) is 11.4. The zero-order valence-corrected chi connectivity index (χ0v) is 11.1. The van der Waals surface area contributed by atoms with Crippen molar-refractivity contribution in [3.8, 4) is 0 Å². The van der Waals surface area contributed by atoms with Crippen LogP contribution < -0.4 is 10.6 Å². The van der Waals surface area contributed by atoms with E-state index < -0.39 is 21.5 Å². The molecular weight excluding hydrogens is 256 g/mol. The number of furan rings is 1. The molecule has 0 aromatic carbocycles. The molecule has 1 heterocycles. The van der Waals surface area contributed by atoms with Crippen LogP contribution in [0.15, 0.2) is 22.8 Å². The zero-order valence-electron chi connectivity index (χ0n) is 10.3. The molecule has 0 atom stereocenters. The SMILES string of the molecule is CCNC(=O)CS(=O)(=O)CCNCc1ccco1. The summed E-state index contributed by atoms with van der Waals surface area (Å²) in [5.74, 6) is -0.228. The van der Waals surface area contributed by atoms with Crippen LogP contribution in [0.25, 0.3) is 0 Å². The van der Waals surface area contributed by atoms with Gasteiger partial charge in [0.15, 0.2) is 9.84 Å². The second-order valence-corrected chi connectivity index (χ2v) is 5.99. The number of carbonyl (C=O) groups excluding carboxylic acids is 1. The molecule has 0 bridgehead atoms. The summed E-state index contributed by atoms with van der Waals surface area (Å²) in [6, 6.07) is 3.57. The standard InChI is InChI=1S/C11H18N2O4S/c1-2-13-11(14)9-18(15,16)7-5-12-8-10-4-3-6-17-10/h3-4,6,12H,2,5,7-9H2,1H3,(H,13,14). The molecule has 0 aliphatic carbocycles. The van der Waals surface area contributed by atoms with Gasteiger partial charge in [-0.15, -0.1) is 0 Å². The summed E-state index contributed by atoms with van der Waals surface area (Å²) in [7, 11) is -3.35. The Morgan fingerprint density at radius 3 is 2.83 bits per heavy atom. The van der Waals surface area contributed by atoms with Gasteiger partial charge in [0.05, 0.1) is 18.6 Å². The second-order valence-electron chi connectivity index (χ2n) is 3.80. The van der Waals surface area contributed by atoms with E-state index in [2.05, 4.69) is 10.6 Å². The molecule has 7 heteroatoms. The van der Waals surface area contributed by atoms with Crippen molar-refractivity contribution < 1.29 is 17.6 Å². The Kier molecular flexibility index (Phi) is 5.87. The predicted octanol–water partition coefficient (Wildman–Crippen LogP) is -0.0799. The fraction of sp³-hybridized carbons (Fsp3) is 0.545. The van der Waals surface area contributed by atoms with Gasteiger partial charge in [0, 0.05) is 13.1 Å². The first kappa shape index (κ1) is 14.7. The molecule has 6 nitrogen and oxygen atoms in total. The number of hydrogen-bond donors (Lipinski definition) is 2. The third-order valence-electron chi connectivity index (χ3n) is 2.19. The first-order valence-corrected chi connectivity index (χ1v) is 7.56. The molecule has 0 fully saturated rings. The van der Waals surface area contributed by atoms with Gasteiger partial charge in [-0.3, -0.25) is 4.79 Å². The lowest BCUT2D eigenvalue weighted by molar-refractivity contribution is -0.118. The molecule has 1 rings (SSSR count). The van der Waals surface area contributed by atoms with E-state index in [4.69, 9.17) is 4.42 Å². The van der Waals surface area contributed by atoms with E-state index in [1.807, 2.05) is 0 Å². The van der Waals surface area contributed by atoms with Gasteiger partial charge in [-0.25, -0.2) is 8.42 Å². The summed E-state index contributed by atoms with van der Waals surface area (Å²) in [6.45, 7) is 2.95. The number of hydrogen-bond acceptors (Lipinski definition) is 5. The largest absolute Gasteiger partial charge is 0.468 e.